The number of carbonyl (C=O) groups excluding carboxylic acids is 4. The van der Waals surface area contributed by atoms with Crippen molar-refractivity contribution in [2.75, 3.05) is 6.61 Å². The number of halogens is 4. The fourth-order valence-electron chi connectivity index (χ4n) is 9.15. The lowest BCUT2D eigenvalue weighted by Crippen LogP contribution is -2.59. The van der Waals surface area contributed by atoms with Crippen LogP contribution in [0.4, 0.5) is 17.6 Å². The summed E-state index contributed by atoms with van der Waals surface area (Å²) in [6, 6.07) is 0. The van der Waals surface area contributed by atoms with Crippen LogP contribution >= 0.6 is 0 Å². The number of hydrogen-bond acceptors (Lipinski definition) is 11. The van der Waals surface area contributed by atoms with E-state index in [1.165, 1.54) is 6.42 Å². The van der Waals surface area contributed by atoms with Crippen LogP contribution in [0.5, 0.6) is 0 Å². The van der Waals surface area contributed by atoms with Gasteiger partial charge in [-0.15, -0.1) is 0 Å². The second-order valence-corrected chi connectivity index (χ2v) is 14.9. The van der Waals surface area contributed by atoms with Gasteiger partial charge in [0, 0.05) is 11.8 Å². The number of rotatable bonds is 11. The van der Waals surface area contributed by atoms with Gasteiger partial charge in [0.25, 0.3) is 0 Å². The van der Waals surface area contributed by atoms with Crippen molar-refractivity contribution in [2.24, 2.45) is 47.3 Å². The molecule has 6 saturated carbocycles. The second kappa shape index (κ2) is 10.5. The lowest BCUT2D eigenvalue weighted by Gasteiger charge is -2.59. The molecule has 0 spiro atoms. The van der Waals surface area contributed by atoms with Crippen LogP contribution in [-0.4, -0.2) is 72.4 Å². The number of esters is 4. The van der Waals surface area contributed by atoms with E-state index in [0.29, 0.717) is 18.3 Å². The summed E-state index contributed by atoms with van der Waals surface area (Å²) in [6.07, 6.45) is 0.749. The average Bonchev–Trinajstić information content (AvgIpc) is 3.53. The molecule has 246 valence electrons. The van der Waals surface area contributed by atoms with Gasteiger partial charge in [0.15, 0.2) is 10.1 Å². The van der Waals surface area contributed by atoms with Crippen LogP contribution < -0.4 is 0 Å². The van der Waals surface area contributed by atoms with Crippen molar-refractivity contribution in [2.45, 2.75) is 93.7 Å². The minimum Gasteiger partial charge on any atom is -0.743 e. The van der Waals surface area contributed by atoms with Crippen molar-refractivity contribution in [1.29, 1.82) is 0 Å². The van der Waals surface area contributed by atoms with Gasteiger partial charge in [-0.2, -0.15) is 17.6 Å². The van der Waals surface area contributed by atoms with Crippen molar-refractivity contribution < 1.29 is 68.7 Å². The number of alkyl halides is 4. The molecule has 7 rings (SSSR count). The molecule has 0 amide bonds. The third-order valence-corrected chi connectivity index (χ3v) is 12.0. The molecule has 16 heteroatoms. The van der Waals surface area contributed by atoms with E-state index in [4.69, 9.17) is 14.2 Å². The Morgan fingerprint density at radius 3 is 2.14 bits per heavy atom. The zero-order chi connectivity index (χ0) is 32.0. The Morgan fingerprint density at radius 2 is 1.55 bits per heavy atom. The normalized spacial score (nSPS) is 40.2. The molecule has 1 aliphatic heterocycles. The lowest BCUT2D eigenvalue weighted by molar-refractivity contribution is -0.211. The van der Waals surface area contributed by atoms with E-state index in [0.717, 1.165) is 25.7 Å². The van der Waals surface area contributed by atoms with E-state index in [1.807, 2.05) is 6.92 Å². The first-order valence-electron chi connectivity index (χ1n) is 14.9. The summed E-state index contributed by atoms with van der Waals surface area (Å²) in [5, 5.41) is -5.91. The summed E-state index contributed by atoms with van der Waals surface area (Å²) in [7, 11) is -6.67. The monoisotopic (exact) mass is 653 g/mol. The van der Waals surface area contributed by atoms with Crippen LogP contribution in [-0.2, 0) is 48.2 Å². The van der Waals surface area contributed by atoms with Gasteiger partial charge in [0.05, 0.1) is 37.7 Å². The molecule has 7 aliphatic rings. The predicted octanol–water partition coefficient (Wildman–Crippen LogP) is 2.95. The van der Waals surface area contributed by atoms with Gasteiger partial charge in [-0.1, -0.05) is 0 Å². The van der Waals surface area contributed by atoms with Gasteiger partial charge in [-0.3, -0.25) is 19.2 Å². The summed E-state index contributed by atoms with van der Waals surface area (Å²) in [4.78, 5) is 51.0. The minimum absolute atomic E-state index is 0.264. The molecule has 6 aliphatic carbocycles. The summed E-state index contributed by atoms with van der Waals surface area (Å²) in [5.74, 6) is -9.06. The maximum Gasteiger partial charge on any atom is 0.396 e. The first-order valence-corrected chi connectivity index (χ1v) is 16.3. The Labute approximate surface area is 250 Å². The van der Waals surface area contributed by atoms with E-state index < -0.39 is 107 Å². The summed E-state index contributed by atoms with van der Waals surface area (Å²) in [6.45, 7) is 0.652. The molecular formula is C28H33F4O11S-. The molecule has 7 fully saturated rings. The standard InChI is InChI=1S/C28H34F4O11S/c1-26(14-7-12-6-13(9-14)10-15(26)8-12)43-25(36)21-17-11-16-20(21)24(35)42-23(16)22(17)41-19(34)3-2-18(33)40-5-4-27(29,30)28(31,32)44(37,38)39/h12-17,20-23H,2-11H2,1H3,(H,37,38,39)/p-1. The predicted molar refractivity (Wildman–Crippen MR) is 134 cm³/mol. The highest BCUT2D eigenvalue weighted by Crippen LogP contribution is 2.62. The van der Waals surface area contributed by atoms with Crippen LogP contribution in [0.3, 0.4) is 0 Å². The van der Waals surface area contributed by atoms with E-state index in [-0.39, 0.29) is 17.8 Å². The van der Waals surface area contributed by atoms with E-state index in [1.54, 1.807) is 0 Å². The molecule has 44 heavy (non-hydrogen) atoms. The fraction of sp³-hybridized carbons (Fsp3) is 0.857. The SMILES string of the molecule is CC1(OC(=O)C2C3CC4C(OC(=O)C42)C3OC(=O)CCC(=O)OCCC(F)(F)C(F)(F)S(=O)(=O)[O-])C2CC3CC(C2)CC1C3. The van der Waals surface area contributed by atoms with Crippen molar-refractivity contribution in [3.63, 3.8) is 0 Å². The van der Waals surface area contributed by atoms with Gasteiger partial charge in [-0.05, 0) is 69.1 Å². The molecule has 11 nitrogen and oxygen atoms in total. The topological polar surface area (TPSA) is 162 Å². The maximum absolute atomic E-state index is 13.7. The van der Waals surface area contributed by atoms with Gasteiger partial charge in [0.2, 0.25) is 0 Å². The Kier molecular flexibility index (Phi) is 7.53. The molecule has 1 heterocycles. The van der Waals surface area contributed by atoms with Crippen LogP contribution in [0.15, 0.2) is 0 Å². The Balaban J connectivity index is 1.02. The van der Waals surface area contributed by atoms with Gasteiger partial charge in [-0.25, -0.2) is 8.42 Å². The van der Waals surface area contributed by atoms with E-state index in [2.05, 4.69) is 4.74 Å². The third kappa shape index (κ3) is 4.98. The molecule has 0 N–H and O–H groups in total. The summed E-state index contributed by atoms with van der Waals surface area (Å²) >= 11 is 0. The molecule has 6 unspecified atom stereocenters. The average molecular weight is 654 g/mol. The Morgan fingerprint density at radius 1 is 0.955 bits per heavy atom. The molecule has 6 bridgehead atoms. The summed E-state index contributed by atoms with van der Waals surface area (Å²) in [5.41, 5.74) is -0.621. The van der Waals surface area contributed by atoms with Crippen LogP contribution in [0.1, 0.15) is 64.7 Å². The van der Waals surface area contributed by atoms with E-state index >= 15 is 0 Å². The fourth-order valence-corrected chi connectivity index (χ4v) is 9.62. The maximum atomic E-state index is 13.7. The number of hydrogen-bond donors (Lipinski definition) is 0. The van der Waals surface area contributed by atoms with Crippen molar-refractivity contribution in [1.82, 2.24) is 0 Å². The first-order chi connectivity index (χ1) is 20.4. The zero-order valence-electron chi connectivity index (χ0n) is 23.8. The third-order valence-electron chi connectivity index (χ3n) is 11.1. The molecule has 0 aromatic carbocycles. The highest BCUT2D eigenvalue weighted by atomic mass is 32.2. The molecular weight excluding hydrogens is 620 g/mol. The molecule has 0 aromatic rings. The van der Waals surface area contributed by atoms with Crippen LogP contribution in [0.2, 0.25) is 0 Å². The second-order valence-electron chi connectivity index (χ2n) is 13.5. The Bertz CT molecular complexity index is 1320. The van der Waals surface area contributed by atoms with Gasteiger partial charge in [0.1, 0.15) is 17.8 Å². The van der Waals surface area contributed by atoms with Crippen molar-refractivity contribution >= 4 is 34.0 Å². The first kappa shape index (κ1) is 31.5. The minimum atomic E-state index is -6.67. The largest absolute Gasteiger partial charge is 0.743 e. The van der Waals surface area contributed by atoms with Gasteiger partial charge < -0.3 is 23.5 Å². The molecule has 6 atom stereocenters. The molecule has 0 radical (unpaired) electrons. The van der Waals surface area contributed by atoms with Crippen LogP contribution in [0.25, 0.3) is 0 Å². The van der Waals surface area contributed by atoms with Crippen molar-refractivity contribution in [3.8, 4) is 0 Å². The van der Waals surface area contributed by atoms with Crippen LogP contribution in [0, 0.1) is 47.3 Å². The highest BCUT2D eigenvalue weighted by molar-refractivity contribution is 7.86. The summed E-state index contributed by atoms with van der Waals surface area (Å²) < 4.78 is 107. The quantitative estimate of drug-likeness (QED) is 0.139. The molecule has 1 saturated heterocycles. The van der Waals surface area contributed by atoms with Gasteiger partial charge >= 0.3 is 35.1 Å². The smallest absolute Gasteiger partial charge is 0.396 e. The van der Waals surface area contributed by atoms with Crippen molar-refractivity contribution in [3.05, 3.63) is 0 Å². The molecule has 0 aromatic heterocycles. The van der Waals surface area contributed by atoms with E-state index in [9.17, 15) is 49.7 Å². The number of fused-ring (bicyclic) bond motifs is 1. The number of ether oxygens (including phenoxy) is 4. The lowest BCUT2D eigenvalue weighted by atomic mass is 9.50. The highest BCUT2D eigenvalue weighted by Gasteiger charge is 2.71. The zero-order valence-corrected chi connectivity index (χ0v) is 24.6. The number of carbonyl (C=O) groups is 4. The Hall–Kier alpha value is -2.49.